The summed E-state index contributed by atoms with van der Waals surface area (Å²) in [6, 6.07) is 0. The van der Waals surface area contributed by atoms with Gasteiger partial charge in [0, 0.05) is 0 Å². The monoisotopic (exact) mass is 273 g/mol. The molecule has 0 aromatic carbocycles. The van der Waals surface area contributed by atoms with Gasteiger partial charge in [-0.05, 0) is 13.8 Å². The first-order valence-corrected chi connectivity index (χ1v) is 5.75. The maximum Gasteiger partial charge on any atom is 0.415 e. The molecule has 0 bridgehead atoms. The molecule has 9 nitrogen and oxygen atoms in total. The van der Waals surface area contributed by atoms with Crippen LogP contribution in [0.2, 0.25) is 0 Å². The number of carbonyl (C=O) groups excluding carboxylic acids is 2. The minimum absolute atomic E-state index is 0.0168. The van der Waals surface area contributed by atoms with E-state index in [0.717, 1.165) is 11.0 Å². The Labute approximate surface area is 109 Å². The highest BCUT2D eigenvalue weighted by molar-refractivity contribution is 5.84. The van der Waals surface area contributed by atoms with Crippen molar-refractivity contribution in [1.82, 2.24) is 9.91 Å². The largest absolute Gasteiger partial charge is 0.463 e. The second-order valence-electron chi connectivity index (χ2n) is 3.47. The number of carbonyl (C=O) groups is 2. The number of hydrogen-bond donors (Lipinski definition) is 0. The highest BCUT2D eigenvalue weighted by Crippen LogP contribution is 2.19. The summed E-state index contributed by atoms with van der Waals surface area (Å²) in [6.45, 7) is 3.57. The Morgan fingerprint density at radius 3 is 2.47 bits per heavy atom. The van der Waals surface area contributed by atoms with Gasteiger partial charge in [-0.1, -0.05) is 5.01 Å². The molecule has 1 rings (SSSR count). The van der Waals surface area contributed by atoms with Gasteiger partial charge >= 0.3 is 12.1 Å². The zero-order valence-corrected chi connectivity index (χ0v) is 10.7. The Bertz CT molecular complexity index is 408. The molecular weight excluding hydrogens is 258 g/mol. The molecule has 106 valence electrons. The summed E-state index contributed by atoms with van der Waals surface area (Å²) in [4.78, 5) is 34.9. The van der Waals surface area contributed by atoms with E-state index in [-0.39, 0.29) is 32.1 Å². The molecular formula is C10H15N3O6. The highest BCUT2D eigenvalue weighted by Gasteiger charge is 2.38. The lowest BCUT2D eigenvalue weighted by atomic mass is 10.5. The predicted molar refractivity (Wildman–Crippen MR) is 62.1 cm³/mol. The van der Waals surface area contributed by atoms with Crippen molar-refractivity contribution in [2.75, 3.05) is 26.3 Å². The van der Waals surface area contributed by atoms with Crippen molar-refractivity contribution in [3.8, 4) is 0 Å². The molecule has 0 atom stereocenters. The molecule has 1 saturated heterocycles. The minimum Gasteiger partial charge on any atom is -0.463 e. The SMILES string of the molecule is CCOC(=O)/C=C1/N(C(=O)OCC)CCN1[N+](=O)[O-]. The average Bonchev–Trinajstić information content (AvgIpc) is 2.73. The summed E-state index contributed by atoms with van der Waals surface area (Å²) < 4.78 is 9.45. The zero-order valence-electron chi connectivity index (χ0n) is 10.7. The van der Waals surface area contributed by atoms with E-state index in [9.17, 15) is 19.7 Å². The number of amides is 1. The van der Waals surface area contributed by atoms with Gasteiger partial charge in [-0.15, -0.1) is 0 Å². The Kier molecular flexibility index (Phi) is 5.10. The third-order valence-electron chi connectivity index (χ3n) is 2.30. The molecule has 0 saturated carbocycles. The van der Waals surface area contributed by atoms with Gasteiger partial charge in [-0.2, -0.15) is 0 Å². The summed E-state index contributed by atoms with van der Waals surface area (Å²) >= 11 is 0. The van der Waals surface area contributed by atoms with Gasteiger partial charge in [-0.25, -0.2) is 19.7 Å². The van der Waals surface area contributed by atoms with Crippen LogP contribution < -0.4 is 0 Å². The fourth-order valence-corrected chi connectivity index (χ4v) is 1.56. The van der Waals surface area contributed by atoms with Crippen LogP contribution in [0.5, 0.6) is 0 Å². The summed E-state index contributed by atoms with van der Waals surface area (Å²) in [5.74, 6) is -0.901. The second kappa shape index (κ2) is 6.57. The first-order chi connectivity index (χ1) is 9.01. The van der Waals surface area contributed by atoms with Crippen LogP contribution in [-0.2, 0) is 14.3 Å². The molecule has 1 fully saturated rings. The third-order valence-corrected chi connectivity index (χ3v) is 2.30. The molecule has 1 aliphatic rings. The molecule has 1 aliphatic heterocycles. The number of nitrogens with zero attached hydrogens (tertiary/aromatic N) is 3. The van der Waals surface area contributed by atoms with Crippen molar-refractivity contribution in [1.29, 1.82) is 0 Å². The summed E-state index contributed by atoms with van der Waals surface area (Å²) in [7, 11) is 0. The lowest BCUT2D eigenvalue weighted by Crippen LogP contribution is -2.32. The lowest BCUT2D eigenvalue weighted by molar-refractivity contribution is -0.641. The molecule has 1 heterocycles. The van der Waals surface area contributed by atoms with Gasteiger partial charge in [0.1, 0.15) is 6.54 Å². The molecule has 0 radical (unpaired) electrons. The Hall–Kier alpha value is -2.32. The number of hydrogen-bond acceptors (Lipinski definition) is 6. The van der Waals surface area contributed by atoms with Crippen LogP contribution in [0.1, 0.15) is 13.8 Å². The number of nitro groups is 1. The van der Waals surface area contributed by atoms with Crippen LogP contribution in [0.4, 0.5) is 4.79 Å². The smallest absolute Gasteiger partial charge is 0.415 e. The van der Waals surface area contributed by atoms with E-state index in [1.807, 2.05) is 0 Å². The second-order valence-corrected chi connectivity index (χ2v) is 3.47. The number of ether oxygens (including phenoxy) is 2. The van der Waals surface area contributed by atoms with E-state index in [2.05, 4.69) is 4.74 Å². The van der Waals surface area contributed by atoms with E-state index < -0.39 is 17.1 Å². The molecule has 19 heavy (non-hydrogen) atoms. The van der Waals surface area contributed by atoms with Crippen molar-refractivity contribution in [2.45, 2.75) is 13.8 Å². The Balaban J connectivity index is 2.96. The van der Waals surface area contributed by atoms with E-state index in [1.165, 1.54) is 0 Å². The zero-order chi connectivity index (χ0) is 14.4. The first kappa shape index (κ1) is 14.7. The number of hydrazine groups is 1. The van der Waals surface area contributed by atoms with E-state index in [4.69, 9.17) is 4.74 Å². The first-order valence-electron chi connectivity index (χ1n) is 5.75. The van der Waals surface area contributed by atoms with Gasteiger partial charge in [0.2, 0.25) is 0 Å². The maximum atomic E-state index is 11.6. The van der Waals surface area contributed by atoms with Crippen molar-refractivity contribution in [3.05, 3.63) is 22.0 Å². The lowest BCUT2D eigenvalue weighted by Gasteiger charge is -2.16. The molecule has 0 aliphatic carbocycles. The van der Waals surface area contributed by atoms with Crippen molar-refractivity contribution in [2.24, 2.45) is 0 Å². The van der Waals surface area contributed by atoms with E-state index in [0.29, 0.717) is 5.01 Å². The van der Waals surface area contributed by atoms with Crippen LogP contribution >= 0.6 is 0 Å². The molecule has 1 amide bonds. The fourth-order valence-electron chi connectivity index (χ4n) is 1.56. The number of esters is 1. The molecule has 0 N–H and O–H groups in total. The van der Waals surface area contributed by atoms with Gasteiger partial charge < -0.3 is 9.47 Å². The molecule has 9 heteroatoms. The summed E-state index contributed by atoms with van der Waals surface area (Å²) in [6.07, 6.45) is 0.179. The normalized spacial score (nSPS) is 16.6. The Morgan fingerprint density at radius 1 is 1.32 bits per heavy atom. The molecule has 0 spiro atoms. The quantitative estimate of drug-likeness (QED) is 0.315. The van der Waals surface area contributed by atoms with Crippen molar-refractivity contribution < 1.29 is 24.1 Å². The third kappa shape index (κ3) is 3.57. The van der Waals surface area contributed by atoms with Crippen LogP contribution in [0.25, 0.3) is 0 Å². The van der Waals surface area contributed by atoms with Gasteiger partial charge in [0.25, 0.3) is 0 Å². The van der Waals surface area contributed by atoms with Crippen LogP contribution in [0.3, 0.4) is 0 Å². The van der Waals surface area contributed by atoms with Crippen molar-refractivity contribution in [3.63, 3.8) is 0 Å². The molecule has 0 aromatic heterocycles. The van der Waals surface area contributed by atoms with Gasteiger partial charge in [-0.3, -0.25) is 4.90 Å². The number of rotatable bonds is 4. The fraction of sp³-hybridized carbons (Fsp3) is 0.600. The minimum atomic E-state index is -0.749. The van der Waals surface area contributed by atoms with Crippen LogP contribution in [-0.4, -0.2) is 53.3 Å². The average molecular weight is 273 g/mol. The molecule has 0 unspecified atom stereocenters. The highest BCUT2D eigenvalue weighted by atomic mass is 16.7. The van der Waals surface area contributed by atoms with Gasteiger partial charge in [0.05, 0.1) is 25.8 Å². The standard InChI is InChI=1S/C10H15N3O6/c1-3-18-9(14)7-8-11(10(15)19-4-2)5-6-12(8)13(16)17/h7H,3-6H2,1-2H3/b8-7-. The molecule has 0 aromatic rings. The summed E-state index contributed by atoms with van der Waals surface area (Å²) in [5.41, 5.74) is 0. The van der Waals surface area contributed by atoms with Crippen LogP contribution in [0.15, 0.2) is 11.9 Å². The van der Waals surface area contributed by atoms with Crippen molar-refractivity contribution >= 4 is 12.1 Å². The maximum absolute atomic E-state index is 11.6. The van der Waals surface area contributed by atoms with Gasteiger partial charge in [0.15, 0.2) is 10.9 Å². The van der Waals surface area contributed by atoms with Crippen LogP contribution in [0, 0.1) is 10.1 Å². The summed E-state index contributed by atoms with van der Waals surface area (Å²) in [5, 5.41) is 10.8. The topological polar surface area (TPSA) is 102 Å². The predicted octanol–water partition coefficient (Wildman–Crippen LogP) is 0.357. The van der Waals surface area contributed by atoms with E-state index >= 15 is 0 Å². The van der Waals surface area contributed by atoms with E-state index in [1.54, 1.807) is 13.8 Å². The Morgan fingerprint density at radius 2 is 1.95 bits per heavy atom.